The summed E-state index contributed by atoms with van der Waals surface area (Å²) >= 11 is 0. The van der Waals surface area contributed by atoms with E-state index >= 15 is 0 Å². The van der Waals surface area contributed by atoms with Crippen LogP contribution in [0.25, 0.3) is 0 Å². The molecular weight excluding hydrogens is 232 g/mol. The maximum atomic E-state index is 10.9. The number of nitro benzene ring substituents is 1. The second-order valence-electron chi connectivity index (χ2n) is 4.07. The zero-order chi connectivity index (χ0) is 13.5. The number of nitrogens with zero attached hydrogens (tertiary/aromatic N) is 2. The van der Waals surface area contributed by atoms with Crippen molar-refractivity contribution in [2.45, 2.75) is 26.7 Å². The zero-order valence-electron chi connectivity index (χ0n) is 10.8. The molecule has 1 aromatic carbocycles. The average molecular weight is 252 g/mol. The number of nitrogens with one attached hydrogen (secondary N) is 1. The Morgan fingerprint density at radius 1 is 1.39 bits per heavy atom. The predicted octanol–water partition coefficient (Wildman–Crippen LogP) is 2.51. The Morgan fingerprint density at radius 2 is 2.11 bits per heavy atom. The highest BCUT2D eigenvalue weighted by atomic mass is 16.6. The Balaban J connectivity index is 3.04. The average Bonchev–Trinajstić information content (AvgIpc) is 2.39. The molecule has 0 radical (unpaired) electrons. The molecule has 0 saturated heterocycles. The van der Waals surface area contributed by atoms with Crippen LogP contribution in [0.2, 0.25) is 0 Å². The molecule has 0 heterocycles. The molecule has 0 aliphatic carbocycles. The number of non-ortho nitro benzene ring substituents is 1. The Morgan fingerprint density at radius 3 is 2.61 bits per heavy atom. The molecule has 0 saturated carbocycles. The van der Waals surface area contributed by atoms with Gasteiger partial charge in [-0.05, 0) is 19.4 Å². The van der Waals surface area contributed by atoms with Crippen LogP contribution in [0.1, 0.15) is 26.7 Å². The number of unbranched alkanes of at least 4 members (excludes halogenated alkanes) is 1. The van der Waals surface area contributed by atoms with Gasteiger partial charge in [0.05, 0.1) is 10.6 Å². The molecule has 0 aliphatic rings. The number of hydrogen-bond donors (Lipinski definition) is 2. The van der Waals surface area contributed by atoms with Gasteiger partial charge in [-0.15, -0.1) is 0 Å². The molecule has 0 aliphatic heterocycles. The maximum Gasteiger partial charge on any atom is 0.273 e. The summed E-state index contributed by atoms with van der Waals surface area (Å²) in [4.78, 5) is 12.6. The van der Waals surface area contributed by atoms with Crippen LogP contribution >= 0.6 is 0 Å². The lowest BCUT2D eigenvalue weighted by molar-refractivity contribution is -0.384. The monoisotopic (exact) mass is 252 g/mol. The second kappa shape index (κ2) is 6.80. The molecule has 0 amide bonds. The maximum absolute atomic E-state index is 10.9. The van der Waals surface area contributed by atoms with Gasteiger partial charge in [-0.25, -0.2) is 0 Å². The van der Waals surface area contributed by atoms with E-state index in [2.05, 4.69) is 17.2 Å². The molecule has 0 aromatic heterocycles. The third-order valence-electron chi connectivity index (χ3n) is 2.81. The SMILES string of the molecule is CCCCN(CC)c1cc(NN)cc([N+](=O)[O-])c1. The lowest BCUT2D eigenvalue weighted by atomic mass is 10.2. The lowest BCUT2D eigenvalue weighted by Gasteiger charge is -2.23. The zero-order valence-corrected chi connectivity index (χ0v) is 10.8. The van der Waals surface area contributed by atoms with Gasteiger partial charge in [0.25, 0.3) is 5.69 Å². The van der Waals surface area contributed by atoms with Crippen LogP contribution in [0.5, 0.6) is 0 Å². The molecule has 3 N–H and O–H groups in total. The Kier molecular flexibility index (Phi) is 5.38. The summed E-state index contributed by atoms with van der Waals surface area (Å²) in [6.45, 7) is 5.85. The molecule has 6 heteroatoms. The third-order valence-corrected chi connectivity index (χ3v) is 2.81. The standard InChI is InChI=1S/C12H20N4O2/c1-3-5-6-15(4-2)11-7-10(14-13)8-12(9-11)16(17)18/h7-9,14H,3-6,13H2,1-2H3. The van der Waals surface area contributed by atoms with E-state index in [4.69, 9.17) is 5.84 Å². The Hall–Kier alpha value is -1.82. The van der Waals surface area contributed by atoms with E-state index in [-0.39, 0.29) is 5.69 Å². The number of anilines is 2. The molecule has 18 heavy (non-hydrogen) atoms. The normalized spacial score (nSPS) is 10.2. The summed E-state index contributed by atoms with van der Waals surface area (Å²) in [5.41, 5.74) is 3.89. The molecule has 0 spiro atoms. The van der Waals surface area contributed by atoms with Crippen LogP contribution in [0.3, 0.4) is 0 Å². The smallest absolute Gasteiger partial charge is 0.273 e. The Labute approximate surface area is 107 Å². The van der Waals surface area contributed by atoms with E-state index in [1.165, 1.54) is 6.07 Å². The highest BCUT2D eigenvalue weighted by molar-refractivity contribution is 5.64. The predicted molar refractivity (Wildman–Crippen MR) is 73.7 cm³/mol. The van der Waals surface area contributed by atoms with Crippen molar-refractivity contribution >= 4 is 17.1 Å². The van der Waals surface area contributed by atoms with Gasteiger partial charge in [-0.3, -0.25) is 16.0 Å². The van der Waals surface area contributed by atoms with E-state index in [1.807, 2.05) is 13.0 Å². The number of rotatable bonds is 7. The van der Waals surface area contributed by atoms with Crippen molar-refractivity contribution in [1.29, 1.82) is 0 Å². The molecule has 1 aromatic rings. The number of nitro groups is 1. The summed E-state index contributed by atoms with van der Waals surface area (Å²) in [5.74, 6) is 5.34. The first-order valence-corrected chi connectivity index (χ1v) is 6.13. The van der Waals surface area contributed by atoms with Gasteiger partial charge >= 0.3 is 0 Å². The van der Waals surface area contributed by atoms with Crippen molar-refractivity contribution in [1.82, 2.24) is 0 Å². The number of benzene rings is 1. The van der Waals surface area contributed by atoms with Crippen molar-refractivity contribution in [2.75, 3.05) is 23.4 Å². The molecule has 0 bridgehead atoms. The minimum Gasteiger partial charge on any atom is -0.372 e. The minimum atomic E-state index is -0.405. The van der Waals surface area contributed by atoms with Crippen molar-refractivity contribution in [3.63, 3.8) is 0 Å². The van der Waals surface area contributed by atoms with E-state index < -0.39 is 4.92 Å². The largest absolute Gasteiger partial charge is 0.372 e. The van der Waals surface area contributed by atoms with Crippen molar-refractivity contribution in [3.05, 3.63) is 28.3 Å². The lowest BCUT2D eigenvalue weighted by Crippen LogP contribution is -2.24. The molecule has 0 atom stereocenters. The fourth-order valence-corrected chi connectivity index (χ4v) is 1.79. The molecule has 6 nitrogen and oxygen atoms in total. The molecule has 1 rings (SSSR count). The van der Waals surface area contributed by atoms with Crippen molar-refractivity contribution in [3.8, 4) is 0 Å². The fraction of sp³-hybridized carbons (Fsp3) is 0.500. The number of nitrogens with two attached hydrogens (primary N) is 1. The van der Waals surface area contributed by atoms with E-state index in [0.717, 1.165) is 31.6 Å². The van der Waals surface area contributed by atoms with E-state index in [0.29, 0.717) is 5.69 Å². The quantitative estimate of drug-likeness (QED) is 0.442. The molecular formula is C12H20N4O2. The molecule has 0 unspecified atom stereocenters. The third kappa shape index (κ3) is 3.59. The van der Waals surface area contributed by atoms with Crippen LogP contribution < -0.4 is 16.2 Å². The highest BCUT2D eigenvalue weighted by Gasteiger charge is 2.12. The topological polar surface area (TPSA) is 84.4 Å². The first kappa shape index (κ1) is 14.2. The Bertz CT molecular complexity index is 409. The first-order valence-electron chi connectivity index (χ1n) is 6.13. The van der Waals surface area contributed by atoms with Crippen LogP contribution in [0, 0.1) is 10.1 Å². The summed E-state index contributed by atoms with van der Waals surface area (Å²) in [5, 5.41) is 10.9. The summed E-state index contributed by atoms with van der Waals surface area (Å²) in [6, 6.07) is 4.84. The molecule has 100 valence electrons. The highest BCUT2D eigenvalue weighted by Crippen LogP contribution is 2.26. The minimum absolute atomic E-state index is 0.0513. The summed E-state index contributed by atoms with van der Waals surface area (Å²) in [6.07, 6.45) is 2.15. The van der Waals surface area contributed by atoms with Crippen LogP contribution in [0.4, 0.5) is 17.1 Å². The summed E-state index contributed by atoms with van der Waals surface area (Å²) < 4.78 is 0. The van der Waals surface area contributed by atoms with Gasteiger partial charge in [0.2, 0.25) is 0 Å². The van der Waals surface area contributed by atoms with Gasteiger partial charge in [0.15, 0.2) is 0 Å². The second-order valence-corrected chi connectivity index (χ2v) is 4.07. The van der Waals surface area contributed by atoms with Crippen LogP contribution in [-0.4, -0.2) is 18.0 Å². The van der Waals surface area contributed by atoms with Gasteiger partial charge in [0.1, 0.15) is 0 Å². The first-order chi connectivity index (χ1) is 8.62. The summed E-state index contributed by atoms with van der Waals surface area (Å²) in [7, 11) is 0. The van der Waals surface area contributed by atoms with Gasteiger partial charge in [-0.1, -0.05) is 13.3 Å². The van der Waals surface area contributed by atoms with Crippen LogP contribution in [0.15, 0.2) is 18.2 Å². The fourth-order valence-electron chi connectivity index (χ4n) is 1.79. The number of nitrogen functional groups attached to an aromatic ring is 1. The van der Waals surface area contributed by atoms with E-state index in [1.54, 1.807) is 6.07 Å². The number of hydrazine groups is 1. The van der Waals surface area contributed by atoms with Gasteiger partial charge in [-0.2, -0.15) is 0 Å². The van der Waals surface area contributed by atoms with Crippen molar-refractivity contribution < 1.29 is 4.92 Å². The van der Waals surface area contributed by atoms with E-state index in [9.17, 15) is 10.1 Å². The van der Waals surface area contributed by atoms with Gasteiger partial charge in [0, 0.05) is 30.9 Å². The van der Waals surface area contributed by atoms with Gasteiger partial charge < -0.3 is 10.3 Å². The number of hydrogen-bond acceptors (Lipinski definition) is 5. The molecule has 0 fully saturated rings. The van der Waals surface area contributed by atoms with Crippen molar-refractivity contribution in [2.24, 2.45) is 5.84 Å². The van der Waals surface area contributed by atoms with Crippen LogP contribution in [-0.2, 0) is 0 Å².